The molecule has 212 valence electrons. The third kappa shape index (κ3) is 5.96. The number of rotatable bonds is 10. The molecule has 40 heavy (non-hydrogen) atoms. The van der Waals surface area contributed by atoms with Crippen LogP contribution in [0.1, 0.15) is 63.9 Å². The molecular weight excluding hydrogens is 534 g/mol. The molecule has 5 N–H and O–H groups in total. The van der Waals surface area contributed by atoms with Crippen LogP contribution in [0.2, 0.25) is 0 Å². The van der Waals surface area contributed by atoms with Crippen LogP contribution in [0, 0.1) is 0 Å². The molecule has 0 spiro atoms. The summed E-state index contributed by atoms with van der Waals surface area (Å²) in [6.45, 7) is 0. The van der Waals surface area contributed by atoms with Gasteiger partial charge in [0.15, 0.2) is 5.69 Å². The first kappa shape index (κ1) is 28.7. The molecule has 1 unspecified atom stereocenters. The van der Waals surface area contributed by atoms with Crippen LogP contribution in [0.3, 0.4) is 0 Å². The van der Waals surface area contributed by atoms with Crippen molar-refractivity contribution in [2.75, 3.05) is 32.0 Å². The van der Waals surface area contributed by atoms with Crippen molar-refractivity contribution in [1.29, 1.82) is 0 Å². The van der Waals surface area contributed by atoms with Crippen LogP contribution < -0.4 is 35.9 Å². The Balaban J connectivity index is 1.90. The lowest BCUT2D eigenvalue weighted by molar-refractivity contribution is -0.123. The lowest BCUT2D eigenvalue weighted by Crippen LogP contribution is -2.47. The summed E-state index contributed by atoms with van der Waals surface area (Å²) < 4.78 is 20.3. The highest BCUT2D eigenvalue weighted by atomic mass is 32.1. The molecule has 1 aliphatic carbocycles. The van der Waals surface area contributed by atoms with Crippen molar-refractivity contribution in [2.24, 2.45) is 5.73 Å². The molecule has 0 aliphatic heterocycles. The van der Waals surface area contributed by atoms with E-state index >= 15 is 0 Å². The average molecular weight is 568 g/mol. The third-order valence-electron chi connectivity index (χ3n) is 6.91. The Bertz CT molecular complexity index is 1370. The van der Waals surface area contributed by atoms with Crippen LogP contribution in [-0.2, 0) is 4.79 Å². The second kappa shape index (κ2) is 12.7. The van der Waals surface area contributed by atoms with E-state index in [-0.39, 0.29) is 34.0 Å². The first-order valence-electron chi connectivity index (χ1n) is 12.8. The number of carbonyl (C=O) groups excluding carboxylic acids is 3. The molecule has 1 saturated carbocycles. The van der Waals surface area contributed by atoms with Gasteiger partial charge in [0.05, 0.1) is 32.7 Å². The van der Waals surface area contributed by atoms with Gasteiger partial charge in [0.2, 0.25) is 5.91 Å². The van der Waals surface area contributed by atoms with Gasteiger partial charge in [-0.25, -0.2) is 0 Å². The molecule has 3 aromatic rings. The fraction of sp³-hybridized carbons (Fsp3) is 0.357. The first-order chi connectivity index (χ1) is 19.3. The molecule has 1 aromatic heterocycles. The number of anilines is 2. The minimum Gasteiger partial charge on any atom is -0.497 e. The Morgan fingerprint density at radius 2 is 1.62 bits per heavy atom. The number of ether oxygens (including phenoxy) is 3. The van der Waals surface area contributed by atoms with Crippen molar-refractivity contribution < 1.29 is 28.6 Å². The number of nitrogens with zero attached hydrogens (tertiary/aromatic N) is 2. The molecule has 0 saturated heterocycles. The second-order valence-electron chi connectivity index (χ2n) is 9.37. The zero-order chi connectivity index (χ0) is 28.8. The monoisotopic (exact) mass is 567 g/mol. The quantitative estimate of drug-likeness (QED) is 0.335. The standard InChI is InChI=1S/C28H33N5O6S/c1-37-18-11-9-16(10-12-18)24(27(35)31-17-7-5-4-6-8-17)33(20-14-13-19(38-2)15-21(20)39-3)28(36)25-22(29)23(26(30)34)32-40-25/h9-15,17,24H,4-8,29H2,1-3H3,(H2,30,34)(H,31,35). The third-order valence-corrected chi connectivity index (χ3v) is 7.76. The molecule has 12 heteroatoms. The summed E-state index contributed by atoms with van der Waals surface area (Å²) in [6.07, 6.45) is 4.85. The predicted octanol–water partition coefficient (Wildman–Crippen LogP) is 3.69. The highest BCUT2D eigenvalue weighted by Crippen LogP contribution is 2.40. The summed E-state index contributed by atoms with van der Waals surface area (Å²) in [4.78, 5) is 41.6. The number of carbonyl (C=O) groups is 3. The number of methoxy groups -OCH3 is 3. The lowest BCUT2D eigenvalue weighted by atomic mass is 9.94. The van der Waals surface area contributed by atoms with Crippen molar-refractivity contribution in [3.63, 3.8) is 0 Å². The Morgan fingerprint density at radius 1 is 0.975 bits per heavy atom. The number of aromatic nitrogens is 1. The first-order valence-corrected chi connectivity index (χ1v) is 13.6. The zero-order valence-corrected chi connectivity index (χ0v) is 23.5. The molecule has 11 nitrogen and oxygen atoms in total. The Labute approximate surface area is 236 Å². The van der Waals surface area contributed by atoms with Gasteiger partial charge in [0.25, 0.3) is 11.8 Å². The van der Waals surface area contributed by atoms with E-state index in [1.54, 1.807) is 49.6 Å². The van der Waals surface area contributed by atoms with Crippen LogP contribution in [0.5, 0.6) is 17.2 Å². The molecule has 4 rings (SSSR count). The molecule has 0 bridgehead atoms. The normalized spacial score (nSPS) is 14.2. The summed E-state index contributed by atoms with van der Waals surface area (Å²) in [7, 11) is 4.51. The number of benzene rings is 2. The molecule has 3 amide bonds. The SMILES string of the molecule is COc1ccc(C(C(=O)NC2CCCCC2)N(C(=O)c2snc(C(N)=O)c2N)c2ccc(OC)cc2OC)cc1. The number of amides is 3. The number of hydrogen-bond donors (Lipinski definition) is 3. The van der Waals surface area contributed by atoms with Crippen molar-refractivity contribution >= 4 is 40.6 Å². The predicted molar refractivity (Wildman–Crippen MR) is 152 cm³/mol. The Hall–Kier alpha value is -4.32. The Morgan fingerprint density at radius 3 is 2.20 bits per heavy atom. The molecule has 2 aromatic carbocycles. The van der Waals surface area contributed by atoms with Crippen LogP contribution in [-0.4, -0.2) is 49.5 Å². The molecule has 1 aliphatic rings. The molecule has 1 atom stereocenters. The molecular formula is C28H33N5O6S. The summed E-state index contributed by atoms with van der Waals surface area (Å²) in [5.41, 5.74) is 12.0. The molecule has 0 radical (unpaired) electrons. The van der Waals surface area contributed by atoms with E-state index in [2.05, 4.69) is 9.69 Å². The number of hydrogen-bond acceptors (Lipinski definition) is 9. The minimum atomic E-state index is -1.14. The average Bonchev–Trinajstić information content (AvgIpc) is 3.37. The van der Waals surface area contributed by atoms with E-state index in [0.717, 1.165) is 43.6 Å². The van der Waals surface area contributed by atoms with E-state index in [1.807, 2.05) is 0 Å². The van der Waals surface area contributed by atoms with Gasteiger partial charge in [-0.15, -0.1) is 0 Å². The van der Waals surface area contributed by atoms with Gasteiger partial charge in [0.1, 0.15) is 28.2 Å². The van der Waals surface area contributed by atoms with E-state index in [9.17, 15) is 14.4 Å². The largest absolute Gasteiger partial charge is 0.497 e. The second-order valence-corrected chi connectivity index (χ2v) is 10.1. The maximum Gasteiger partial charge on any atom is 0.273 e. The minimum absolute atomic E-state index is 0.0216. The maximum atomic E-state index is 14.3. The molecule has 1 heterocycles. The fourth-order valence-corrected chi connectivity index (χ4v) is 5.56. The van der Waals surface area contributed by atoms with Crippen LogP contribution >= 0.6 is 11.5 Å². The van der Waals surface area contributed by atoms with Gasteiger partial charge in [-0.3, -0.25) is 19.3 Å². The van der Waals surface area contributed by atoms with E-state index in [1.165, 1.54) is 19.1 Å². The van der Waals surface area contributed by atoms with Crippen LogP contribution in [0.25, 0.3) is 0 Å². The van der Waals surface area contributed by atoms with Crippen molar-refractivity contribution in [1.82, 2.24) is 9.69 Å². The van der Waals surface area contributed by atoms with Crippen molar-refractivity contribution in [3.05, 3.63) is 58.6 Å². The summed E-state index contributed by atoms with van der Waals surface area (Å²) in [5, 5.41) is 3.15. The van der Waals surface area contributed by atoms with Gasteiger partial charge < -0.3 is 31.0 Å². The zero-order valence-electron chi connectivity index (χ0n) is 22.6. The number of nitrogens with one attached hydrogen (secondary N) is 1. The van der Waals surface area contributed by atoms with Gasteiger partial charge in [-0.2, -0.15) is 4.37 Å². The summed E-state index contributed by atoms with van der Waals surface area (Å²) in [5.74, 6) is -0.507. The smallest absolute Gasteiger partial charge is 0.273 e. The van der Waals surface area contributed by atoms with E-state index in [4.69, 9.17) is 25.7 Å². The van der Waals surface area contributed by atoms with Gasteiger partial charge in [-0.1, -0.05) is 31.4 Å². The number of nitrogen functional groups attached to an aromatic ring is 1. The lowest BCUT2D eigenvalue weighted by Gasteiger charge is -2.34. The van der Waals surface area contributed by atoms with Crippen LogP contribution in [0.15, 0.2) is 42.5 Å². The number of nitrogens with two attached hydrogens (primary N) is 2. The van der Waals surface area contributed by atoms with E-state index < -0.39 is 17.9 Å². The van der Waals surface area contributed by atoms with Crippen molar-refractivity contribution in [2.45, 2.75) is 44.2 Å². The topological polar surface area (TPSA) is 159 Å². The maximum absolute atomic E-state index is 14.3. The number of primary amides is 1. The highest BCUT2D eigenvalue weighted by molar-refractivity contribution is 7.09. The summed E-state index contributed by atoms with van der Waals surface area (Å²) >= 11 is 0.739. The van der Waals surface area contributed by atoms with Crippen LogP contribution in [0.4, 0.5) is 11.4 Å². The van der Waals surface area contributed by atoms with E-state index in [0.29, 0.717) is 22.7 Å². The fourth-order valence-electron chi connectivity index (χ4n) is 4.82. The summed E-state index contributed by atoms with van der Waals surface area (Å²) in [6, 6.07) is 10.6. The van der Waals surface area contributed by atoms with Gasteiger partial charge in [0, 0.05) is 12.1 Å². The molecule has 1 fully saturated rings. The van der Waals surface area contributed by atoms with Gasteiger partial charge in [-0.05, 0) is 54.2 Å². The van der Waals surface area contributed by atoms with Crippen molar-refractivity contribution in [3.8, 4) is 17.2 Å². The van der Waals surface area contributed by atoms with Gasteiger partial charge >= 0.3 is 0 Å². The highest BCUT2D eigenvalue weighted by Gasteiger charge is 2.38. The Kier molecular flexibility index (Phi) is 9.10.